The molecule has 0 saturated carbocycles. The predicted molar refractivity (Wildman–Crippen MR) is 97.6 cm³/mol. The molecule has 0 spiro atoms. The molecule has 5 nitrogen and oxygen atoms in total. The van der Waals surface area contributed by atoms with Crippen LogP contribution in [0.2, 0.25) is 0 Å². The summed E-state index contributed by atoms with van der Waals surface area (Å²) in [5, 5.41) is 2.90. The Kier molecular flexibility index (Phi) is 6.57. The number of carbonyl (C=O) groups excluding carboxylic acids is 2. The van der Waals surface area contributed by atoms with Crippen molar-refractivity contribution in [3.05, 3.63) is 65.2 Å². The van der Waals surface area contributed by atoms with E-state index in [0.29, 0.717) is 24.9 Å². The van der Waals surface area contributed by atoms with Gasteiger partial charge in [-0.2, -0.15) is 0 Å². The number of ether oxygens (including phenoxy) is 1. The third kappa shape index (κ3) is 5.64. The molecule has 0 aliphatic carbocycles. The number of aryl methyl sites for hydroxylation is 1. The largest absolute Gasteiger partial charge is 0.497 e. The van der Waals surface area contributed by atoms with Crippen LogP contribution in [0.5, 0.6) is 5.75 Å². The number of amides is 2. The summed E-state index contributed by atoms with van der Waals surface area (Å²) in [6, 6.07) is 15.0. The lowest BCUT2D eigenvalue weighted by Crippen LogP contribution is -2.23. The zero-order valence-electron chi connectivity index (χ0n) is 14.9. The number of hydrogen-bond donors (Lipinski definition) is 1. The smallest absolute Gasteiger partial charge is 0.253 e. The molecule has 5 heteroatoms. The molecule has 2 rings (SSSR count). The van der Waals surface area contributed by atoms with E-state index in [2.05, 4.69) is 5.32 Å². The highest BCUT2D eigenvalue weighted by atomic mass is 16.5. The van der Waals surface area contributed by atoms with E-state index in [1.165, 1.54) is 4.90 Å². The molecular weight excluding hydrogens is 316 g/mol. The third-order valence-electron chi connectivity index (χ3n) is 3.90. The fourth-order valence-corrected chi connectivity index (χ4v) is 2.36. The summed E-state index contributed by atoms with van der Waals surface area (Å²) in [4.78, 5) is 25.3. The van der Waals surface area contributed by atoms with Gasteiger partial charge >= 0.3 is 0 Å². The molecule has 0 aromatic heterocycles. The van der Waals surface area contributed by atoms with Crippen LogP contribution in [0.3, 0.4) is 0 Å². The fourth-order valence-electron chi connectivity index (χ4n) is 2.36. The van der Waals surface area contributed by atoms with Gasteiger partial charge in [-0.3, -0.25) is 9.59 Å². The number of carbonyl (C=O) groups is 2. The molecular formula is C20H24N2O3. The maximum Gasteiger partial charge on any atom is 0.253 e. The zero-order valence-corrected chi connectivity index (χ0v) is 14.9. The second kappa shape index (κ2) is 8.87. The van der Waals surface area contributed by atoms with Crippen LogP contribution in [0, 0.1) is 0 Å². The Bertz CT molecular complexity index is 707. The normalized spacial score (nSPS) is 10.2. The molecule has 25 heavy (non-hydrogen) atoms. The number of benzene rings is 2. The summed E-state index contributed by atoms with van der Waals surface area (Å²) >= 11 is 0. The van der Waals surface area contributed by atoms with Gasteiger partial charge in [0, 0.05) is 32.6 Å². The number of rotatable bonds is 7. The molecule has 0 saturated heterocycles. The quantitative estimate of drug-likeness (QED) is 0.843. The molecule has 0 unspecified atom stereocenters. The zero-order chi connectivity index (χ0) is 18.2. The van der Waals surface area contributed by atoms with Crippen molar-refractivity contribution < 1.29 is 14.3 Å². The highest BCUT2D eigenvalue weighted by Crippen LogP contribution is 2.12. The second-order valence-corrected chi connectivity index (χ2v) is 6.02. The van der Waals surface area contributed by atoms with Gasteiger partial charge in [-0.15, -0.1) is 0 Å². The molecule has 0 radical (unpaired) electrons. The van der Waals surface area contributed by atoms with Crippen LogP contribution >= 0.6 is 0 Å². The number of methoxy groups -OCH3 is 1. The van der Waals surface area contributed by atoms with Crippen molar-refractivity contribution in [2.45, 2.75) is 19.4 Å². The van der Waals surface area contributed by atoms with Crippen molar-refractivity contribution in [2.24, 2.45) is 0 Å². The number of nitrogens with zero attached hydrogens (tertiary/aromatic N) is 1. The first-order chi connectivity index (χ1) is 12.0. The first-order valence-electron chi connectivity index (χ1n) is 8.20. The predicted octanol–water partition coefficient (Wildman–Crippen LogP) is 2.65. The molecule has 0 aliphatic heterocycles. The summed E-state index contributed by atoms with van der Waals surface area (Å²) in [5.74, 6) is 0.781. The Balaban J connectivity index is 1.78. The lowest BCUT2D eigenvalue weighted by molar-refractivity contribution is -0.121. The van der Waals surface area contributed by atoms with Gasteiger partial charge in [-0.1, -0.05) is 24.3 Å². The van der Waals surface area contributed by atoms with Crippen molar-refractivity contribution in [3.8, 4) is 5.75 Å². The van der Waals surface area contributed by atoms with Crippen molar-refractivity contribution in [2.75, 3.05) is 21.2 Å². The van der Waals surface area contributed by atoms with E-state index in [-0.39, 0.29) is 11.8 Å². The average Bonchev–Trinajstić information content (AvgIpc) is 2.64. The van der Waals surface area contributed by atoms with Gasteiger partial charge < -0.3 is 15.0 Å². The highest BCUT2D eigenvalue weighted by Gasteiger charge is 2.08. The van der Waals surface area contributed by atoms with E-state index in [4.69, 9.17) is 4.74 Å². The number of nitrogens with one attached hydrogen (secondary N) is 1. The molecule has 132 valence electrons. The minimum Gasteiger partial charge on any atom is -0.497 e. The van der Waals surface area contributed by atoms with Crippen molar-refractivity contribution in [1.82, 2.24) is 10.2 Å². The minimum absolute atomic E-state index is 0.00395. The van der Waals surface area contributed by atoms with Gasteiger partial charge in [0.15, 0.2) is 0 Å². The van der Waals surface area contributed by atoms with E-state index in [1.54, 1.807) is 33.3 Å². The van der Waals surface area contributed by atoms with Crippen LogP contribution in [-0.2, 0) is 17.8 Å². The van der Waals surface area contributed by atoms with Crippen molar-refractivity contribution in [1.29, 1.82) is 0 Å². The van der Waals surface area contributed by atoms with Gasteiger partial charge in [-0.05, 0) is 41.8 Å². The van der Waals surface area contributed by atoms with Crippen molar-refractivity contribution >= 4 is 11.8 Å². The Morgan fingerprint density at radius 2 is 1.56 bits per heavy atom. The van der Waals surface area contributed by atoms with Gasteiger partial charge in [0.1, 0.15) is 5.75 Å². The lowest BCUT2D eigenvalue weighted by atomic mass is 10.1. The van der Waals surface area contributed by atoms with Crippen LogP contribution < -0.4 is 10.1 Å². The maximum absolute atomic E-state index is 12.0. The van der Waals surface area contributed by atoms with E-state index >= 15 is 0 Å². The summed E-state index contributed by atoms with van der Waals surface area (Å²) in [7, 11) is 5.07. The first kappa shape index (κ1) is 18.5. The van der Waals surface area contributed by atoms with E-state index < -0.39 is 0 Å². The molecule has 1 N–H and O–H groups in total. The van der Waals surface area contributed by atoms with Gasteiger partial charge in [0.05, 0.1) is 7.11 Å². The van der Waals surface area contributed by atoms with E-state index in [0.717, 1.165) is 16.9 Å². The molecule has 0 aliphatic rings. The Labute approximate surface area is 148 Å². The molecule has 2 aromatic carbocycles. The van der Waals surface area contributed by atoms with Gasteiger partial charge in [0.25, 0.3) is 5.91 Å². The Morgan fingerprint density at radius 1 is 0.960 bits per heavy atom. The average molecular weight is 340 g/mol. The summed E-state index contributed by atoms with van der Waals surface area (Å²) in [6.07, 6.45) is 1.12. The van der Waals surface area contributed by atoms with E-state index in [9.17, 15) is 9.59 Å². The van der Waals surface area contributed by atoms with Crippen LogP contribution in [-0.4, -0.2) is 37.9 Å². The Hall–Kier alpha value is -2.82. The molecule has 0 bridgehead atoms. The lowest BCUT2D eigenvalue weighted by Gasteiger charge is -2.11. The maximum atomic E-state index is 12.0. The minimum atomic E-state index is -0.0323. The topological polar surface area (TPSA) is 58.6 Å². The standard InChI is InChI=1S/C20H24N2O3/c1-22(2)20(24)17-9-4-16(5-10-17)14-21-19(23)13-8-15-6-11-18(25-3)12-7-15/h4-7,9-12H,8,13-14H2,1-3H3,(H,21,23). The van der Waals surface area contributed by atoms with E-state index in [1.807, 2.05) is 36.4 Å². The second-order valence-electron chi connectivity index (χ2n) is 6.02. The van der Waals surface area contributed by atoms with Crippen LogP contribution in [0.1, 0.15) is 27.9 Å². The SMILES string of the molecule is COc1ccc(CCC(=O)NCc2ccc(C(=O)N(C)C)cc2)cc1. The van der Waals surface area contributed by atoms with Crippen LogP contribution in [0.15, 0.2) is 48.5 Å². The molecule has 0 fully saturated rings. The van der Waals surface area contributed by atoms with Crippen molar-refractivity contribution in [3.63, 3.8) is 0 Å². The fraction of sp³-hybridized carbons (Fsp3) is 0.300. The van der Waals surface area contributed by atoms with Gasteiger partial charge in [0.2, 0.25) is 5.91 Å². The molecule has 0 atom stereocenters. The molecule has 2 amide bonds. The van der Waals surface area contributed by atoms with Gasteiger partial charge in [-0.25, -0.2) is 0 Å². The summed E-state index contributed by atoms with van der Waals surface area (Å²) < 4.78 is 5.12. The third-order valence-corrected chi connectivity index (χ3v) is 3.90. The molecule has 2 aromatic rings. The monoisotopic (exact) mass is 340 g/mol. The first-order valence-corrected chi connectivity index (χ1v) is 8.20. The summed E-state index contributed by atoms with van der Waals surface area (Å²) in [6.45, 7) is 0.456. The summed E-state index contributed by atoms with van der Waals surface area (Å²) in [5.41, 5.74) is 2.70. The highest BCUT2D eigenvalue weighted by molar-refractivity contribution is 5.93. The van der Waals surface area contributed by atoms with Crippen LogP contribution in [0.4, 0.5) is 0 Å². The van der Waals surface area contributed by atoms with Crippen LogP contribution in [0.25, 0.3) is 0 Å². The Morgan fingerprint density at radius 3 is 2.12 bits per heavy atom. The number of hydrogen-bond acceptors (Lipinski definition) is 3. The molecule has 0 heterocycles.